The summed E-state index contributed by atoms with van der Waals surface area (Å²) in [7, 11) is 1.90. The van der Waals surface area contributed by atoms with Gasteiger partial charge in [0.1, 0.15) is 18.0 Å². The summed E-state index contributed by atoms with van der Waals surface area (Å²) in [6.45, 7) is 4.07. The Morgan fingerprint density at radius 2 is 2.23 bits per heavy atom. The molecule has 0 radical (unpaired) electrons. The fourth-order valence-electron chi connectivity index (χ4n) is 1.82. The van der Waals surface area contributed by atoms with Crippen molar-refractivity contribution in [2.45, 2.75) is 19.9 Å². The van der Waals surface area contributed by atoms with Crippen LogP contribution in [0.15, 0.2) is 29.6 Å². The van der Waals surface area contributed by atoms with Crippen LogP contribution in [0.25, 0.3) is 0 Å². The van der Waals surface area contributed by atoms with Gasteiger partial charge in [0.05, 0.1) is 0 Å². The van der Waals surface area contributed by atoms with Crippen LogP contribution in [-0.2, 0) is 20.0 Å². The van der Waals surface area contributed by atoms with E-state index in [9.17, 15) is 0 Å². The van der Waals surface area contributed by atoms with Gasteiger partial charge >= 0.3 is 0 Å². The number of hydrogen-bond donors (Lipinski definition) is 2. The summed E-state index contributed by atoms with van der Waals surface area (Å²) < 4.78 is 1.85. The van der Waals surface area contributed by atoms with Gasteiger partial charge in [0.2, 0.25) is 0 Å². The van der Waals surface area contributed by atoms with E-state index < -0.39 is 0 Å². The number of aromatic nitrogens is 4. The highest BCUT2D eigenvalue weighted by Gasteiger charge is 2.02. The lowest BCUT2D eigenvalue weighted by molar-refractivity contribution is 0.762. The first-order chi connectivity index (χ1) is 10.7. The van der Waals surface area contributed by atoms with E-state index in [1.54, 1.807) is 18.6 Å². The number of nitrogens with zero attached hydrogens (tertiary/aromatic N) is 5. The van der Waals surface area contributed by atoms with E-state index in [2.05, 4.69) is 30.8 Å². The van der Waals surface area contributed by atoms with Crippen molar-refractivity contribution >= 4 is 17.6 Å². The molecule has 0 aliphatic rings. The molecular formula is C14H20ClN7. The molecular weight excluding hydrogens is 302 g/mol. The summed E-state index contributed by atoms with van der Waals surface area (Å²) in [5, 5.41) is 14.9. The highest BCUT2D eigenvalue weighted by molar-refractivity contribution is 6.29. The fraction of sp³-hybridized carbons (Fsp3) is 0.429. The van der Waals surface area contributed by atoms with E-state index in [0.717, 1.165) is 36.9 Å². The summed E-state index contributed by atoms with van der Waals surface area (Å²) in [6.07, 6.45) is 4.30. The number of aliphatic imine (C=N–C) groups is 1. The first-order valence-electron chi connectivity index (χ1n) is 7.14. The quantitative estimate of drug-likeness (QED) is 0.474. The summed E-state index contributed by atoms with van der Waals surface area (Å²) >= 11 is 5.77. The van der Waals surface area contributed by atoms with Crippen molar-refractivity contribution in [2.75, 3.05) is 13.1 Å². The smallest absolute Gasteiger partial charge is 0.191 e. The van der Waals surface area contributed by atoms with Crippen LogP contribution in [0.3, 0.4) is 0 Å². The normalized spacial score (nSPS) is 11.5. The molecule has 0 bridgehead atoms. The lowest BCUT2D eigenvalue weighted by Gasteiger charge is -2.11. The second-order valence-corrected chi connectivity index (χ2v) is 5.11. The second kappa shape index (κ2) is 8.33. The number of rotatable bonds is 6. The number of pyridine rings is 1. The molecule has 0 atom stereocenters. The lowest BCUT2D eigenvalue weighted by atomic mass is 10.2. The number of halogens is 1. The fourth-order valence-corrected chi connectivity index (χ4v) is 1.93. The van der Waals surface area contributed by atoms with Crippen molar-refractivity contribution in [1.82, 2.24) is 30.4 Å². The molecule has 2 rings (SSSR count). The van der Waals surface area contributed by atoms with Gasteiger partial charge < -0.3 is 15.2 Å². The largest absolute Gasteiger partial charge is 0.357 e. The van der Waals surface area contributed by atoms with Gasteiger partial charge in [0.15, 0.2) is 11.8 Å². The lowest BCUT2D eigenvalue weighted by Crippen LogP contribution is -2.38. The molecule has 0 aliphatic heterocycles. The minimum atomic E-state index is 0.480. The molecule has 118 valence electrons. The Bertz CT molecular complexity index is 606. The molecule has 22 heavy (non-hydrogen) atoms. The monoisotopic (exact) mass is 321 g/mol. The van der Waals surface area contributed by atoms with E-state index in [1.165, 1.54) is 0 Å². The van der Waals surface area contributed by atoms with Crippen molar-refractivity contribution in [1.29, 1.82) is 0 Å². The average Bonchev–Trinajstić information content (AvgIpc) is 2.92. The molecule has 7 nitrogen and oxygen atoms in total. The second-order valence-electron chi connectivity index (χ2n) is 4.72. The van der Waals surface area contributed by atoms with Crippen molar-refractivity contribution in [3.8, 4) is 0 Å². The average molecular weight is 322 g/mol. The first-order valence-corrected chi connectivity index (χ1v) is 7.52. The molecule has 0 saturated heterocycles. The highest BCUT2D eigenvalue weighted by Crippen LogP contribution is 2.05. The molecule has 2 aromatic rings. The minimum Gasteiger partial charge on any atom is -0.357 e. The van der Waals surface area contributed by atoms with Crippen LogP contribution < -0.4 is 10.6 Å². The van der Waals surface area contributed by atoms with E-state index in [4.69, 9.17) is 11.6 Å². The summed E-state index contributed by atoms with van der Waals surface area (Å²) in [4.78, 5) is 8.56. The predicted octanol–water partition coefficient (Wildman–Crippen LogP) is 1.16. The van der Waals surface area contributed by atoms with Gasteiger partial charge in [-0.3, -0.25) is 0 Å². The van der Waals surface area contributed by atoms with E-state index in [0.29, 0.717) is 11.7 Å². The van der Waals surface area contributed by atoms with Crippen molar-refractivity contribution in [3.63, 3.8) is 0 Å². The van der Waals surface area contributed by atoms with Gasteiger partial charge in [0.25, 0.3) is 0 Å². The van der Waals surface area contributed by atoms with Crippen LogP contribution in [-0.4, -0.2) is 38.8 Å². The van der Waals surface area contributed by atoms with Crippen LogP contribution >= 0.6 is 11.6 Å². The van der Waals surface area contributed by atoms with Gasteiger partial charge in [0, 0.05) is 26.3 Å². The maximum absolute atomic E-state index is 5.77. The van der Waals surface area contributed by atoms with Crippen LogP contribution in [0.4, 0.5) is 0 Å². The third-order valence-corrected chi connectivity index (χ3v) is 3.25. The maximum atomic E-state index is 5.77. The molecule has 0 unspecified atom stereocenters. The number of guanidine groups is 1. The summed E-state index contributed by atoms with van der Waals surface area (Å²) in [6, 6.07) is 3.77. The van der Waals surface area contributed by atoms with Crippen LogP contribution in [0.2, 0.25) is 5.15 Å². The molecule has 0 amide bonds. The van der Waals surface area contributed by atoms with Gasteiger partial charge in [-0.15, -0.1) is 10.2 Å². The Morgan fingerprint density at radius 1 is 1.36 bits per heavy atom. The topological polar surface area (TPSA) is 80.0 Å². The molecule has 2 aromatic heterocycles. The van der Waals surface area contributed by atoms with Crippen molar-refractivity contribution in [2.24, 2.45) is 12.0 Å². The minimum absolute atomic E-state index is 0.480. The maximum Gasteiger partial charge on any atom is 0.191 e. The molecule has 8 heteroatoms. The molecule has 0 aromatic carbocycles. The predicted molar refractivity (Wildman–Crippen MR) is 86.8 cm³/mol. The van der Waals surface area contributed by atoms with Gasteiger partial charge in [-0.25, -0.2) is 9.98 Å². The molecule has 2 N–H and O–H groups in total. The van der Waals surface area contributed by atoms with Crippen LogP contribution in [0.1, 0.15) is 18.3 Å². The van der Waals surface area contributed by atoms with Crippen molar-refractivity contribution < 1.29 is 0 Å². The van der Waals surface area contributed by atoms with Gasteiger partial charge in [-0.2, -0.15) is 0 Å². The molecule has 0 aliphatic carbocycles. The molecule has 0 spiro atoms. The van der Waals surface area contributed by atoms with E-state index in [1.807, 2.05) is 24.6 Å². The zero-order chi connectivity index (χ0) is 15.8. The van der Waals surface area contributed by atoms with Gasteiger partial charge in [-0.05, 0) is 25.0 Å². The summed E-state index contributed by atoms with van der Waals surface area (Å²) in [5.74, 6) is 1.58. The van der Waals surface area contributed by atoms with Crippen molar-refractivity contribution in [3.05, 3.63) is 41.2 Å². The Balaban J connectivity index is 1.85. The van der Waals surface area contributed by atoms with Gasteiger partial charge in [-0.1, -0.05) is 17.7 Å². The third-order valence-electron chi connectivity index (χ3n) is 3.02. The Morgan fingerprint density at radius 3 is 2.86 bits per heavy atom. The Labute approximate surface area is 134 Å². The number of hydrogen-bond acceptors (Lipinski definition) is 4. The number of nitrogens with one attached hydrogen (secondary N) is 2. The number of aryl methyl sites for hydroxylation is 1. The van der Waals surface area contributed by atoms with Crippen LogP contribution in [0.5, 0.6) is 0 Å². The molecule has 0 saturated carbocycles. The Hall–Kier alpha value is -2.15. The molecule has 2 heterocycles. The summed E-state index contributed by atoms with van der Waals surface area (Å²) in [5.41, 5.74) is 1.13. The molecule has 0 fully saturated rings. The zero-order valence-electron chi connectivity index (χ0n) is 12.8. The van der Waals surface area contributed by atoms with Crippen LogP contribution in [0, 0.1) is 0 Å². The Kier molecular flexibility index (Phi) is 6.14. The van der Waals surface area contributed by atoms with E-state index in [-0.39, 0.29) is 0 Å². The highest BCUT2D eigenvalue weighted by atomic mass is 35.5. The van der Waals surface area contributed by atoms with E-state index >= 15 is 0 Å². The standard InChI is InChI=1S/C14H20ClN7/c1-3-16-14(19-9-13-21-20-10-22(13)2)17-7-6-11-4-5-12(15)18-8-11/h4-5,8,10H,3,6-7,9H2,1-2H3,(H2,16,17,19). The zero-order valence-corrected chi connectivity index (χ0v) is 13.5. The SMILES string of the molecule is CCNC(=NCc1nncn1C)NCCc1ccc(Cl)nc1. The first kappa shape index (κ1) is 16.2. The third kappa shape index (κ3) is 5.00.